The van der Waals surface area contributed by atoms with Crippen LogP contribution in [0.3, 0.4) is 0 Å². The fourth-order valence-corrected chi connectivity index (χ4v) is 3.27. The van der Waals surface area contributed by atoms with Crippen LogP contribution in [0.4, 0.5) is 4.79 Å². The zero-order chi connectivity index (χ0) is 17.7. The molecule has 1 heterocycles. The highest BCUT2D eigenvalue weighted by Gasteiger charge is 2.33. The number of nitrogens with zero attached hydrogens (tertiary/aromatic N) is 1. The summed E-state index contributed by atoms with van der Waals surface area (Å²) in [6.07, 6.45) is 2.72. The van der Waals surface area contributed by atoms with E-state index < -0.39 is 5.60 Å². The highest BCUT2D eigenvalue weighted by atomic mass is 16.6. The fraction of sp³-hybridized carbons (Fsp3) is 0.650. The first-order valence-corrected chi connectivity index (χ1v) is 9.17. The quantitative estimate of drug-likeness (QED) is 0.867. The molecule has 0 fully saturated rings. The summed E-state index contributed by atoms with van der Waals surface area (Å²) < 4.78 is 5.62. The van der Waals surface area contributed by atoms with Crippen LogP contribution in [0.2, 0.25) is 0 Å². The number of fused-ring (bicyclic) bond motifs is 1. The number of rotatable bonds is 5. The third-order valence-electron chi connectivity index (χ3n) is 4.33. The first-order chi connectivity index (χ1) is 11.4. The lowest BCUT2D eigenvalue weighted by atomic mass is 9.89. The van der Waals surface area contributed by atoms with E-state index in [-0.39, 0.29) is 12.1 Å². The van der Waals surface area contributed by atoms with Crippen molar-refractivity contribution in [2.24, 2.45) is 0 Å². The van der Waals surface area contributed by atoms with E-state index in [9.17, 15) is 4.79 Å². The Morgan fingerprint density at radius 1 is 1.33 bits per heavy atom. The van der Waals surface area contributed by atoms with Gasteiger partial charge >= 0.3 is 6.09 Å². The molecule has 1 aliphatic heterocycles. The molecule has 0 aliphatic carbocycles. The molecule has 4 heteroatoms. The average molecular weight is 332 g/mol. The van der Waals surface area contributed by atoms with Crippen LogP contribution in [-0.2, 0) is 17.7 Å². The predicted molar refractivity (Wildman–Crippen MR) is 98.1 cm³/mol. The van der Waals surface area contributed by atoms with Gasteiger partial charge in [0.2, 0.25) is 0 Å². The Balaban J connectivity index is 2.22. The maximum Gasteiger partial charge on any atom is 0.410 e. The number of hydrogen-bond acceptors (Lipinski definition) is 3. The van der Waals surface area contributed by atoms with Gasteiger partial charge in [-0.25, -0.2) is 4.79 Å². The Morgan fingerprint density at radius 3 is 2.71 bits per heavy atom. The Kier molecular flexibility index (Phi) is 6.27. The molecular formula is C20H32N2O2. The zero-order valence-electron chi connectivity index (χ0n) is 15.8. The van der Waals surface area contributed by atoms with Gasteiger partial charge in [0.25, 0.3) is 0 Å². The van der Waals surface area contributed by atoms with E-state index in [1.165, 1.54) is 16.7 Å². The minimum Gasteiger partial charge on any atom is -0.444 e. The van der Waals surface area contributed by atoms with E-state index in [4.69, 9.17) is 4.74 Å². The topological polar surface area (TPSA) is 41.6 Å². The summed E-state index contributed by atoms with van der Waals surface area (Å²) in [7, 11) is 0. The lowest BCUT2D eigenvalue weighted by molar-refractivity contribution is 0.0131. The minimum absolute atomic E-state index is 0.127. The number of carbonyl (C=O) groups is 1. The lowest BCUT2D eigenvalue weighted by Gasteiger charge is -2.38. The monoisotopic (exact) mass is 332 g/mol. The number of ether oxygens (including phenoxy) is 1. The van der Waals surface area contributed by atoms with Gasteiger partial charge in [0.1, 0.15) is 5.60 Å². The number of nitrogens with one attached hydrogen (secondary N) is 1. The van der Waals surface area contributed by atoms with Crippen LogP contribution >= 0.6 is 0 Å². The van der Waals surface area contributed by atoms with Crippen molar-refractivity contribution in [2.75, 3.05) is 13.1 Å². The molecular weight excluding hydrogens is 300 g/mol. The average Bonchev–Trinajstić information content (AvgIpc) is 2.51. The van der Waals surface area contributed by atoms with Crippen LogP contribution in [-0.4, -0.2) is 29.7 Å². The lowest BCUT2D eigenvalue weighted by Crippen LogP contribution is -2.43. The SMILES string of the molecule is CCCC1c2ccc(CNCC)cc2CCN1C(=O)OC(C)(C)C. The molecule has 2 rings (SSSR count). The van der Waals surface area contributed by atoms with Gasteiger partial charge < -0.3 is 15.0 Å². The van der Waals surface area contributed by atoms with Crippen LogP contribution in [0.1, 0.15) is 70.2 Å². The maximum atomic E-state index is 12.6. The zero-order valence-corrected chi connectivity index (χ0v) is 15.8. The molecule has 1 unspecified atom stereocenters. The largest absolute Gasteiger partial charge is 0.444 e. The van der Waals surface area contributed by atoms with Gasteiger partial charge in [0.15, 0.2) is 0 Å². The van der Waals surface area contributed by atoms with E-state index in [0.717, 1.165) is 38.9 Å². The van der Waals surface area contributed by atoms with Gasteiger partial charge in [-0.15, -0.1) is 0 Å². The van der Waals surface area contributed by atoms with Crippen molar-refractivity contribution in [1.29, 1.82) is 0 Å². The van der Waals surface area contributed by atoms with E-state index in [1.807, 2.05) is 25.7 Å². The van der Waals surface area contributed by atoms with Crippen LogP contribution < -0.4 is 5.32 Å². The van der Waals surface area contributed by atoms with Gasteiger partial charge in [0.05, 0.1) is 6.04 Å². The second kappa shape index (κ2) is 8.02. The summed E-state index contributed by atoms with van der Waals surface area (Å²) in [6.45, 7) is 12.7. The molecule has 24 heavy (non-hydrogen) atoms. The maximum absolute atomic E-state index is 12.6. The van der Waals surface area contributed by atoms with Gasteiger partial charge in [-0.2, -0.15) is 0 Å². The summed E-state index contributed by atoms with van der Waals surface area (Å²) in [5.41, 5.74) is 3.53. The molecule has 0 saturated heterocycles. The Bertz CT molecular complexity index is 563. The fourth-order valence-electron chi connectivity index (χ4n) is 3.27. The summed E-state index contributed by atoms with van der Waals surface area (Å²) in [6, 6.07) is 6.82. The summed E-state index contributed by atoms with van der Waals surface area (Å²) in [5, 5.41) is 3.38. The summed E-state index contributed by atoms with van der Waals surface area (Å²) >= 11 is 0. The van der Waals surface area contributed by atoms with Crippen molar-refractivity contribution < 1.29 is 9.53 Å². The van der Waals surface area contributed by atoms with E-state index in [1.54, 1.807) is 0 Å². The Hall–Kier alpha value is -1.55. The van der Waals surface area contributed by atoms with Crippen LogP contribution in [0.25, 0.3) is 0 Å². The number of benzene rings is 1. The van der Waals surface area contributed by atoms with E-state index in [0.29, 0.717) is 0 Å². The number of amides is 1. The van der Waals surface area contributed by atoms with Crippen molar-refractivity contribution >= 4 is 6.09 Å². The van der Waals surface area contributed by atoms with E-state index >= 15 is 0 Å². The van der Waals surface area contributed by atoms with Crippen LogP contribution in [0.15, 0.2) is 18.2 Å². The number of hydrogen-bond donors (Lipinski definition) is 1. The first kappa shape index (κ1) is 18.8. The third kappa shape index (κ3) is 4.73. The molecule has 134 valence electrons. The molecule has 1 amide bonds. The predicted octanol–water partition coefficient (Wildman–Crippen LogP) is 4.43. The first-order valence-electron chi connectivity index (χ1n) is 9.17. The van der Waals surface area contributed by atoms with Crippen molar-refractivity contribution in [3.8, 4) is 0 Å². The van der Waals surface area contributed by atoms with Gasteiger partial charge in [0, 0.05) is 13.1 Å². The summed E-state index contributed by atoms with van der Waals surface area (Å²) in [5.74, 6) is 0. The van der Waals surface area contributed by atoms with Crippen molar-refractivity contribution in [3.05, 3.63) is 34.9 Å². The second-order valence-electron chi connectivity index (χ2n) is 7.54. The molecule has 0 bridgehead atoms. The van der Waals surface area contributed by atoms with Gasteiger partial charge in [-0.05, 0) is 56.8 Å². The molecule has 4 nitrogen and oxygen atoms in total. The molecule has 0 aromatic heterocycles. The van der Waals surface area contributed by atoms with Crippen molar-refractivity contribution in [1.82, 2.24) is 10.2 Å². The molecule has 0 radical (unpaired) electrons. The third-order valence-corrected chi connectivity index (χ3v) is 4.33. The molecule has 1 N–H and O–H groups in total. The molecule has 1 aromatic carbocycles. The Morgan fingerprint density at radius 2 is 2.08 bits per heavy atom. The molecule has 1 aliphatic rings. The van der Waals surface area contributed by atoms with Crippen LogP contribution in [0.5, 0.6) is 0 Å². The van der Waals surface area contributed by atoms with E-state index in [2.05, 4.69) is 37.4 Å². The smallest absolute Gasteiger partial charge is 0.410 e. The molecule has 1 atom stereocenters. The highest BCUT2D eigenvalue weighted by Crippen LogP contribution is 2.34. The molecule has 0 spiro atoms. The second-order valence-corrected chi connectivity index (χ2v) is 7.54. The molecule has 0 saturated carbocycles. The van der Waals surface area contributed by atoms with Crippen molar-refractivity contribution in [3.63, 3.8) is 0 Å². The van der Waals surface area contributed by atoms with Gasteiger partial charge in [-0.3, -0.25) is 0 Å². The highest BCUT2D eigenvalue weighted by molar-refractivity contribution is 5.69. The molecule has 1 aromatic rings. The van der Waals surface area contributed by atoms with Crippen LogP contribution in [0, 0.1) is 0 Å². The Labute approximate surface area is 146 Å². The van der Waals surface area contributed by atoms with Crippen molar-refractivity contribution in [2.45, 2.75) is 72.1 Å². The normalized spacial score (nSPS) is 17.5. The minimum atomic E-state index is -0.455. The van der Waals surface area contributed by atoms with Gasteiger partial charge in [-0.1, -0.05) is 38.5 Å². The number of carbonyl (C=O) groups excluding carboxylic acids is 1. The summed E-state index contributed by atoms with van der Waals surface area (Å²) in [4.78, 5) is 14.5. The standard InChI is InChI=1S/C20H32N2O2/c1-6-8-18-17-10-9-15(14-21-7-2)13-16(17)11-12-22(18)19(23)24-20(3,4)5/h9-10,13,18,21H,6-8,11-12,14H2,1-5H3.